The predicted octanol–water partition coefficient (Wildman–Crippen LogP) is 6.09. The van der Waals surface area contributed by atoms with Crippen LogP contribution in [0.2, 0.25) is 0 Å². The van der Waals surface area contributed by atoms with E-state index in [2.05, 4.69) is 0 Å². The highest BCUT2D eigenvalue weighted by Crippen LogP contribution is 2.27. The number of halogens is 4. The first kappa shape index (κ1) is 24.4. The monoisotopic (exact) mass is 418 g/mol. The molecule has 2 rings (SSSR count). The predicted molar refractivity (Wildman–Crippen MR) is 101 cm³/mol. The van der Waals surface area contributed by atoms with Gasteiger partial charge in [-0.2, -0.15) is 17.6 Å². The van der Waals surface area contributed by atoms with Crippen LogP contribution in [0.1, 0.15) is 46.0 Å². The molecule has 0 aromatic heterocycles. The van der Waals surface area contributed by atoms with Crippen molar-refractivity contribution >= 4 is 0 Å². The average Bonchev–Trinajstić information content (AvgIpc) is 2.71. The van der Waals surface area contributed by atoms with Gasteiger partial charge in [0.1, 0.15) is 0 Å². The molecule has 0 radical (unpaired) electrons. The number of unbranched alkanes of at least 4 members (excludes halogenated alkanes) is 3. The quantitative estimate of drug-likeness (QED) is 0.382. The van der Waals surface area contributed by atoms with Crippen molar-refractivity contribution in [2.75, 3.05) is 13.2 Å². The van der Waals surface area contributed by atoms with Gasteiger partial charge in [-0.25, -0.2) is 0 Å². The minimum Gasteiger partial charge on any atom is -0.505 e. The van der Waals surface area contributed by atoms with E-state index >= 15 is 0 Å². The molecule has 0 aliphatic heterocycles. The molecule has 0 saturated carbocycles. The van der Waals surface area contributed by atoms with E-state index in [0.717, 1.165) is 44.2 Å². The highest BCUT2D eigenvalue weighted by atomic mass is 19.2. The van der Waals surface area contributed by atoms with Crippen molar-refractivity contribution in [1.82, 2.24) is 0 Å². The molecule has 0 saturated heterocycles. The van der Waals surface area contributed by atoms with Crippen LogP contribution in [0.15, 0.2) is 24.3 Å². The molecule has 162 valence electrons. The van der Waals surface area contributed by atoms with Gasteiger partial charge in [0.05, 0.1) is 13.2 Å². The molecule has 2 aromatic carbocycles. The summed E-state index contributed by atoms with van der Waals surface area (Å²) in [5.41, 5.74) is 0. The van der Waals surface area contributed by atoms with E-state index in [-0.39, 0.29) is 11.5 Å². The molecule has 2 N–H and O–H groups in total. The summed E-state index contributed by atoms with van der Waals surface area (Å²) in [7, 11) is 0. The number of benzene rings is 2. The second-order valence-corrected chi connectivity index (χ2v) is 6.18. The number of phenols is 2. The number of ether oxygens (including phenoxy) is 2. The van der Waals surface area contributed by atoms with Crippen LogP contribution >= 0.6 is 0 Å². The average molecular weight is 418 g/mol. The van der Waals surface area contributed by atoms with Crippen LogP contribution in [0, 0.1) is 23.3 Å². The number of phenolic OH excluding ortho intramolecular Hbond substituents is 2. The Kier molecular flexibility index (Phi) is 10.7. The Labute approximate surface area is 167 Å². The fraction of sp³-hybridized carbons (Fsp3) is 0.429. The van der Waals surface area contributed by atoms with Gasteiger partial charge in [-0.15, -0.1) is 0 Å². The first-order valence-corrected chi connectivity index (χ1v) is 9.42. The Morgan fingerprint density at radius 3 is 1.45 bits per heavy atom. The molecular formula is C21H26F4O4. The SMILES string of the molecule is CCCCCOc1ccc(O)c(F)c1F.CCCCOc1ccc(O)c(F)c1F. The van der Waals surface area contributed by atoms with Gasteiger partial charge in [0, 0.05) is 0 Å². The van der Waals surface area contributed by atoms with Crippen LogP contribution in [0.4, 0.5) is 17.6 Å². The fourth-order valence-electron chi connectivity index (χ4n) is 2.13. The highest BCUT2D eigenvalue weighted by molar-refractivity contribution is 5.34. The van der Waals surface area contributed by atoms with Crippen LogP contribution < -0.4 is 9.47 Å². The molecule has 0 unspecified atom stereocenters. The third-order valence-corrected chi connectivity index (χ3v) is 3.81. The Balaban J connectivity index is 0.000000291. The van der Waals surface area contributed by atoms with Crippen LogP contribution in [0.25, 0.3) is 0 Å². The van der Waals surface area contributed by atoms with Crippen molar-refractivity contribution in [3.05, 3.63) is 47.5 Å². The van der Waals surface area contributed by atoms with Crippen LogP contribution in [0.5, 0.6) is 23.0 Å². The second-order valence-electron chi connectivity index (χ2n) is 6.18. The summed E-state index contributed by atoms with van der Waals surface area (Å²) in [5, 5.41) is 17.7. The first-order valence-electron chi connectivity index (χ1n) is 9.42. The van der Waals surface area contributed by atoms with Gasteiger partial charge in [0.15, 0.2) is 23.0 Å². The maximum absolute atomic E-state index is 13.1. The summed E-state index contributed by atoms with van der Waals surface area (Å²) in [4.78, 5) is 0. The van der Waals surface area contributed by atoms with Gasteiger partial charge in [0.2, 0.25) is 23.3 Å². The summed E-state index contributed by atoms with van der Waals surface area (Å²) < 4.78 is 61.8. The summed E-state index contributed by atoms with van der Waals surface area (Å²) in [6, 6.07) is 4.58. The standard InChI is InChI=1S/C11H14F2O2.C10H12F2O2/c1-2-3-4-7-15-9-6-5-8(14)10(12)11(9)13;1-2-3-6-14-8-5-4-7(13)9(11)10(8)12/h5-6,14H,2-4,7H2,1H3;4-5,13H,2-3,6H2,1H3. The molecule has 29 heavy (non-hydrogen) atoms. The van der Waals surface area contributed by atoms with Crippen molar-refractivity contribution in [2.45, 2.75) is 46.0 Å². The van der Waals surface area contributed by atoms with Gasteiger partial charge in [-0.3, -0.25) is 0 Å². The van der Waals surface area contributed by atoms with Gasteiger partial charge >= 0.3 is 0 Å². The van der Waals surface area contributed by atoms with Crippen LogP contribution in [-0.4, -0.2) is 23.4 Å². The number of hydrogen-bond donors (Lipinski definition) is 2. The van der Waals surface area contributed by atoms with Crippen LogP contribution in [0.3, 0.4) is 0 Å². The van der Waals surface area contributed by atoms with Gasteiger partial charge < -0.3 is 19.7 Å². The minimum atomic E-state index is -1.26. The van der Waals surface area contributed by atoms with Crippen molar-refractivity contribution in [2.24, 2.45) is 0 Å². The minimum absolute atomic E-state index is 0.151. The molecule has 0 fully saturated rings. The van der Waals surface area contributed by atoms with E-state index in [1.165, 1.54) is 12.1 Å². The third-order valence-electron chi connectivity index (χ3n) is 3.81. The normalized spacial score (nSPS) is 10.3. The molecular weight excluding hydrogens is 392 g/mol. The topological polar surface area (TPSA) is 58.9 Å². The van der Waals surface area contributed by atoms with Crippen LogP contribution in [-0.2, 0) is 0 Å². The van der Waals surface area contributed by atoms with E-state index in [1.807, 2.05) is 13.8 Å². The molecule has 8 heteroatoms. The van der Waals surface area contributed by atoms with E-state index in [4.69, 9.17) is 19.7 Å². The molecule has 0 atom stereocenters. The maximum atomic E-state index is 13.1. The van der Waals surface area contributed by atoms with E-state index < -0.39 is 34.8 Å². The Morgan fingerprint density at radius 2 is 1.03 bits per heavy atom. The van der Waals surface area contributed by atoms with E-state index in [9.17, 15) is 17.6 Å². The summed E-state index contributed by atoms with van der Waals surface area (Å²) in [6.45, 7) is 4.71. The fourth-order valence-corrected chi connectivity index (χ4v) is 2.13. The first-order chi connectivity index (χ1) is 13.8. The van der Waals surface area contributed by atoms with Crippen molar-refractivity contribution < 1.29 is 37.2 Å². The lowest BCUT2D eigenvalue weighted by Crippen LogP contribution is -2.00. The zero-order valence-electron chi connectivity index (χ0n) is 16.5. The Hall–Kier alpha value is -2.64. The molecule has 0 aliphatic carbocycles. The molecule has 0 heterocycles. The third kappa shape index (κ3) is 7.71. The lowest BCUT2D eigenvalue weighted by atomic mass is 10.2. The molecule has 0 aliphatic rings. The van der Waals surface area contributed by atoms with Gasteiger partial charge in [0.25, 0.3) is 0 Å². The molecule has 0 bridgehead atoms. The van der Waals surface area contributed by atoms with Gasteiger partial charge in [-0.1, -0.05) is 33.1 Å². The van der Waals surface area contributed by atoms with E-state index in [0.29, 0.717) is 13.2 Å². The van der Waals surface area contributed by atoms with E-state index in [1.54, 1.807) is 0 Å². The largest absolute Gasteiger partial charge is 0.505 e. The highest BCUT2D eigenvalue weighted by Gasteiger charge is 2.14. The molecule has 2 aromatic rings. The lowest BCUT2D eigenvalue weighted by Gasteiger charge is -2.07. The van der Waals surface area contributed by atoms with Crippen molar-refractivity contribution in [1.29, 1.82) is 0 Å². The smallest absolute Gasteiger partial charge is 0.204 e. The zero-order valence-corrected chi connectivity index (χ0v) is 16.5. The summed E-state index contributed by atoms with van der Waals surface area (Å²) in [6.07, 6.45) is 4.53. The molecule has 4 nitrogen and oxygen atoms in total. The molecule has 0 amide bonds. The number of aromatic hydroxyl groups is 2. The number of rotatable bonds is 9. The van der Waals surface area contributed by atoms with Gasteiger partial charge in [-0.05, 0) is 37.1 Å². The summed E-state index contributed by atoms with van der Waals surface area (Å²) in [5.74, 6) is -6.51. The number of hydrogen-bond acceptors (Lipinski definition) is 4. The van der Waals surface area contributed by atoms with Crippen molar-refractivity contribution in [3.8, 4) is 23.0 Å². The molecule has 0 spiro atoms. The second kappa shape index (κ2) is 12.7. The van der Waals surface area contributed by atoms with Crippen molar-refractivity contribution in [3.63, 3.8) is 0 Å². The zero-order chi connectivity index (χ0) is 21.8. The Bertz CT molecular complexity index is 769. The summed E-state index contributed by atoms with van der Waals surface area (Å²) >= 11 is 0. The maximum Gasteiger partial charge on any atom is 0.204 e. The Morgan fingerprint density at radius 1 is 0.621 bits per heavy atom. The lowest BCUT2D eigenvalue weighted by molar-refractivity contribution is 0.283.